The molecule has 2 aromatic rings. The number of hydrogen-bond donors (Lipinski definition) is 1. The Morgan fingerprint density at radius 3 is 2.61 bits per heavy atom. The van der Waals surface area contributed by atoms with Crippen LogP contribution < -0.4 is 0 Å². The zero-order valence-corrected chi connectivity index (χ0v) is 10.7. The van der Waals surface area contributed by atoms with Crippen LogP contribution in [0.15, 0.2) is 42.5 Å². The molecule has 2 aromatic carbocycles. The largest absolute Gasteiger partial charge is 0.393 e. The van der Waals surface area contributed by atoms with Gasteiger partial charge in [0.1, 0.15) is 0 Å². The maximum atomic E-state index is 9.99. The van der Waals surface area contributed by atoms with E-state index in [-0.39, 0.29) is 6.10 Å². The Bertz CT molecular complexity index is 527. The minimum Gasteiger partial charge on any atom is -0.393 e. The van der Waals surface area contributed by atoms with Crippen molar-refractivity contribution in [2.45, 2.75) is 44.1 Å². The predicted molar refractivity (Wildman–Crippen MR) is 75.8 cm³/mol. The second-order valence-corrected chi connectivity index (χ2v) is 5.44. The van der Waals surface area contributed by atoms with Crippen LogP contribution in [0.1, 0.15) is 43.6 Å². The standard InChI is InChI=1S/C17H20O/c18-15-9-3-1-7-14(12-15)17-11-5-8-13-6-2-4-10-16(13)17/h2,4-6,8,10-11,14-15,18H,1,3,7,9,12H2. The Morgan fingerprint density at radius 1 is 0.889 bits per heavy atom. The van der Waals surface area contributed by atoms with Crippen LogP contribution in [0.4, 0.5) is 0 Å². The summed E-state index contributed by atoms with van der Waals surface area (Å²) in [6, 6.07) is 15.1. The van der Waals surface area contributed by atoms with E-state index >= 15 is 0 Å². The number of aliphatic hydroxyl groups excluding tert-OH is 1. The average Bonchev–Trinajstić information content (AvgIpc) is 2.63. The summed E-state index contributed by atoms with van der Waals surface area (Å²) in [7, 11) is 0. The van der Waals surface area contributed by atoms with Gasteiger partial charge < -0.3 is 5.11 Å². The van der Waals surface area contributed by atoms with Gasteiger partial charge in [-0.2, -0.15) is 0 Å². The molecule has 1 saturated carbocycles. The first-order chi connectivity index (χ1) is 8.84. The van der Waals surface area contributed by atoms with Crippen LogP contribution in [0, 0.1) is 0 Å². The summed E-state index contributed by atoms with van der Waals surface area (Å²) in [4.78, 5) is 0. The van der Waals surface area contributed by atoms with Crippen LogP contribution in [-0.4, -0.2) is 11.2 Å². The summed E-state index contributed by atoms with van der Waals surface area (Å²) in [5, 5.41) is 12.7. The second-order valence-electron chi connectivity index (χ2n) is 5.44. The SMILES string of the molecule is OC1CCCCC(c2cccc3ccccc23)C1. The van der Waals surface area contributed by atoms with E-state index in [2.05, 4.69) is 42.5 Å². The molecule has 18 heavy (non-hydrogen) atoms. The highest BCUT2D eigenvalue weighted by Crippen LogP contribution is 2.35. The maximum absolute atomic E-state index is 9.99. The molecule has 1 N–H and O–H groups in total. The van der Waals surface area contributed by atoms with Gasteiger partial charge in [-0.05, 0) is 41.5 Å². The smallest absolute Gasteiger partial charge is 0.0546 e. The summed E-state index contributed by atoms with van der Waals surface area (Å²) in [5.41, 5.74) is 1.43. The molecular formula is C17H20O. The monoisotopic (exact) mass is 240 g/mol. The molecule has 0 radical (unpaired) electrons. The van der Waals surface area contributed by atoms with E-state index in [0.29, 0.717) is 5.92 Å². The van der Waals surface area contributed by atoms with Crippen molar-refractivity contribution in [1.29, 1.82) is 0 Å². The first-order valence-electron chi connectivity index (χ1n) is 7.00. The lowest BCUT2D eigenvalue weighted by molar-refractivity contribution is 0.152. The average molecular weight is 240 g/mol. The van der Waals surface area contributed by atoms with Gasteiger partial charge in [0.15, 0.2) is 0 Å². The third-order valence-electron chi connectivity index (χ3n) is 4.16. The lowest BCUT2D eigenvalue weighted by Gasteiger charge is -2.19. The van der Waals surface area contributed by atoms with Crippen LogP contribution in [0.2, 0.25) is 0 Å². The van der Waals surface area contributed by atoms with Crippen LogP contribution >= 0.6 is 0 Å². The molecule has 0 heterocycles. The number of rotatable bonds is 1. The highest BCUT2D eigenvalue weighted by atomic mass is 16.3. The normalized spacial score (nSPS) is 24.9. The number of benzene rings is 2. The lowest BCUT2D eigenvalue weighted by Crippen LogP contribution is -2.09. The number of hydrogen-bond acceptors (Lipinski definition) is 1. The van der Waals surface area contributed by atoms with Crippen molar-refractivity contribution < 1.29 is 5.11 Å². The van der Waals surface area contributed by atoms with Crippen LogP contribution in [0.3, 0.4) is 0 Å². The Morgan fingerprint density at radius 2 is 1.67 bits per heavy atom. The van der Waals surface area contributed by atoms with Gasteiger partial charge in [-0.1, -0.05) is 55.3 Å². The van der Waals surface area contributed by atoms with Crippen LogP contribution in [0.25, 0.3) is 10.8 Å². The van der Waals surface area contributed by atoms with Crippen LogP contribution in [0.5, 0.6) is 0 Å². The van der Waals surface area contributed by atoms with E-state index in [1.54, 1.807) is 0 Å². The first kappa shape index (κ1) is 11.7. The van der Waals surface area contributed by atoms with Gasteiger partial charge in [0, 0.05) is 0 Å². The molecule has 0 aromatic heterocycles. The lowest BCUT2D eigenvalue weighted by atomic mass is 9.87. The molecule has 0 saturated heterocycles. The van der Waals surface area contributed by atoms with Crippen molar-refractivity contribution in [2.24, 2.45) is 0 Å². The molecule has 1 fully saturated rings. The van der Waals surface area contributed by atoms with Crippen molar-refractivity contribution >= 4 is 10.8 Å². The van der Waals surface area contributed by atoms with Gasteiger partial charge in [0.05, 0.1) is 6.10 Å². The molecule has 2 unspecified atom stereocenters. The van der Waals surface area contributed by atoms with Crippen molar-refractivity contribution in [3.63, 3.8) is 0 Å². The van der Waals surface area contributed by atoms with Gasteiger partial charge in [0.25, 0.3) is 0 Å². The fourth-order valence-corrected chi connectivity index (χ4v) is 3.22. The summed E-state index contributed by atoms with van der Waals surface area (Å²) in [5.74, 6) is 0.522. The van der Waals surface area contributed by atoms with E-state index < -0.39 is 0 Å². The van der Waals surface area contributed by atoms with Crippen molar-refractivity contribution in [2.75, 3.05) is 0 Å². The van der Waals surface area contributed by atoms with E-state index in [1.165, 1.54) is 35.6 Å². The van der Waals surface area contributed by atoms with E-state index in [1.807, 2.05) is 0 Å². The molecule has 1 heteroatoms. The number of aliphatic hydroxyl groups is 1. The van der Waals surface area contributed by atoms with Crippen molar-refractivity contribution in [1.82, 2.24) is 0 Å². The Labute approximate surface area is 108 Å². The molecule has 1 nitrogen and oxygen atoms in total. The third kappa shape index (κ3) is 2.28. The quantitative estimate of drug-likeness (QED) is 0.739. The van der Waals surface area contributed by atoms with Gasteiger partial charge in [0.2, 0.25) is 0 Å². The molecule has 0 bridgehead atoms. The fraction of sp³-hybridized carbons (Fsp3) is 0.412. The Balaban J connectivity index is 2.02. The van der Waals surface area contributed by atoms with E-state index in [4.69, 9.17) is 0 Å². The molecule has 0 amide bonds. The highest BCUT2D eigenvalue weighted by molar-refractivity contribution is 5.86. The third-order valence-corrected chi connectivity index (χ3v) is 4.16. The minimum absolute atomic E-state index is 0.114. The predicted octanol–water partition coefficient (Wildman–Crippen LogP) is 4.25. The highest BCUT2D eigenvalue weighted by Gasteiger charge is 2.21. The summed E-state index contributed by atoms with van der Waals surface area (Å²) in [6.07, 6.45) is 5.41. The molecule has 0 spiro atoms. The zero-order chi connectivity index (χ0) is 12.4. The van der Waals surface area contributed by atoms with Gasteiger partial charge >= 0.3 is 0 Å². The molecular weight excluding hydrogens is 220 g/mol. The zero-order valence-electron chi connectivity index (χ0n) is 10.7. The van der Waals surface area contributed by atoms with Gasteiger partial charge in [-0.3, -0.25) is 0 Å². The summed E-state index contributed by atoms with van der Waals surface area (Å²) < 4.78 is 0. The van der Waals surface area contributed by atoms with E-state index in [0.717, 1.165) is 12.8 Å². The van der Waals surface area contributed by atoms with Crippen molar-refractivity contribution in [3.05, 3.63) is 48.0 Å². The molecule has 2 atom stereocenters. The molecule has 0 aliphatic heterocycles. The topological polar surface area (TPSA) is 20.2 Å². The van der Waals surface area contributed by atoms with E-state index in [9.17, 15) is 5.11 Å². The Kier molecular flexibility index (Phi) is 3.33. The van der Waals surface area contributed by atoms with Gasteiger partial charge in [-0.15, -0.1) is 0 Å². The summed E-state index contributed by atoms with van der Waals surface area (Å²) in [6.45, 7) is 0. The van der Waals surface area contributed by atoms with Crippen LogP contribution in [-0.2, 0) is 0 Å². The molecule has 94 valence electrons. The molecule has 3 rings (SSSR count). The van der Waals surface area contributed by atoms with Crippen molar-refractivity contribution in [3.8, 4) is 0 Å². The molecule has 1 aliphatic carbocycles. The van der Waals surface area contributed by atoms with Gasteiger partial charge in [-0.25, -0.2) is 0 Å². The second kappa shape index (κ2) is 5.11. The summed E-state index contributed by atoms with van der Waals surface area (Å²) >= 11 is 0. The maximum Gasteiger partial charge on any atom is 0.0546 e. The first-order valence-corrected chi connectivity index (χ1v) is 7.00. The molecule has 1 aliphatic rings. The fourth-order valence-electron chi connectivity index (χ4n) is 3.22. The Hall–Kier alpha value is -1.34. The minimum atomic E-state index is -0.114. The number of fused-ring (bicyclic) bond motifs is 1.